The van der Waals surface area contributed by atoms with Gasteiger partial charge in [0.2, 0.25) is 11.8 Å². The van der Waals surface area contributed by atoms with E-state index in [9.17, 15) is 4.79 Å². The molecule has 0 aliphatic carbocycles. The normalized spacial score (nSPS) is 10.9. The van der Waals surface area contributed by atoms with Crippen molar-refractivity contribution in [2.45, 2.75) is 20.8 Å². The van der Waals surface area contributed by atoms with Crippen molar-refractivity contribution >= 4 is 23.1 Å². The predicted octanol–water partition coefficient (Wildman–Crippen LogP) is 2.98. The van der Waals surface area contributed by atoms with Crippen molar-refractivity contribution in [3.8, 4) is 27.2 Å². The lowest BCUT2D eigenvalue weighted by Crippen LogP contribution is -2.18. The fraction of sp³-hybridized carbons (Fsp3) is 0.312. The summed E-state index contributed by atoms with van der Waals surface area (Å²) in [7, 11) is 0. The van der Waals surface area contributed by atoms with E-state index in [2.05, 4.69) is 30.5 Å². The summed E-state index contributed by atoms with van der Waals surface area (Å²) in [6.45, 7) is 6.06. The fourth-order valence-corrected chi connectivity index (χ4v) is 2.99. The van der Waals surface area contributed by atoms with Crippen molar-refractivity contribution < 1.29 is 9.53 Å². The van der Waals surface area contributed by atoms with Crippen LogP contribution < -0.4 is 10.1 Å². The first-order valence-corrected chi connectivity index (χ1v) is 8.67. The zero-order valence-electron chi connectivity index (χ0n) is 14.1. The molecule has 0 saturated carbocycles. The maximum Gasteiger partial charge on any atom is 0.236 e. The first-order chi connectivity index (χ1) is 12.1. The second kappa shape index (κ2) is 7.39. The van der Waals surface area contributed by atoms with E-state index in [1.807, 2.05) is 26.8 Å². The van der Waals surface area contributed by atoms with Gasteiger partial charge in [0.1, 0.15) is 22.0 Å². The Labute approximate surface area is 148 Å². The minimum Gasteiger partial charge on any atom is -0.477 e. The molecule has 0 aliphatic rings. The summed E-state index contributed by atoms with van der Waals surface area (Å²) >= 11 is 1.43. The maximum atomic E-state index is 11.9. The van der Waals surface area contributed by atoms with Crippen LogP contribution in [0.15, 0.2) is 24.7 Å². The van der Waals surface area contributed by atoms with Crippen LogP contribution in [0.3, 0.4) is 0 Å². The van der Waals surface area contributed by atoms with Gasteiger partial charge in [-0.3, -0.25) is 4.79 Å². The van der Waals surface area contributed by atoms with E-state index in [-0.39, 0.29) is 11.8 Å². The number of H-pyrrole nitrogens is 1. The number of nitrogens with one attached hydrogen (secondary N) is 2. The number of ether oxygens (including phenoxy) is 1. The molecular formula is C16H18N6O2S. The number of anilines is 1. The molecule has 0 saturated heterocycles. The molecule has 25 heavy (non-hydrogen) atoms. The molecule has 0 radical (unpaired) electrons. The van der Waals surface area contributed by atoms with Gasteiger partial charge < -0.3 is 15.0 Å². The first kappa shape index (κ1) is 17.0. The summed E-state index contributed by atoms with van der Waals surface area (Å²) in [6, 6.07) is 3.63. The lowest BCUT2D eigenvalue weighted by Gasteiger charge is -2.07. The van der Waals surface area contributed by atoms with E-state index >= 15 is 0 Å². The molecule has 0 unspecified atom stereocenters. The number of hydrogen-bond donors (Lipinski definition) is 2. The van der Waals surface area contributed by atoms with Crippen molar-refractivity contribution in [3.05, 3.63) is 24.7 Å². The second-order valence-electron chi connectivity index (χ2n) is 5.50. The van der Waals surface area contributed by atoms with Crippen LogP contribution >= 0.6 is 11.3 Å². The summed E-state index contributed by atoms with van der Waals surface area (Å²) in [5.41, 5.74) is 0.839. The summed E-state index contributed by atoms with van der Waals surface area (Å²) in [4.78, 5) is 24.3. The molecule has 0 fully saturated rings. The van der Waals surface area contributed by atoms with Crippen molar-refractivity contribution in [1.82, 2.24) is 25.1 Å². The average Bonchev–Trinajstić information content (AvgIpc) is 3.24. The third-order valence-corrected chi connectivity index (χ3v) is 4.38. The van der Waals surface area contributed by atoms with E-state index < -0.39 is 0 Å². The van der Waals surface area contributed by atoms with Gasteiger partial charge in [0.05, 0.1) is 6.61 Å². The Kier molecular flexibility index (Phi) is 5.03. The molecule has 0 bridgehead atoms. The molecule has 130 valence electrons. The molecule has 0 spiro atoms. The number of aromatic amines is 1. The Morgan fingerprint density at radius 3 is 2.96 bits per heavy atom. The molecule has 3 aromatic rings. The van der Waals surface area contributed by atoms with Crippen LogP contribution in [0.1, 0.15) is 20.8 Å². The largest absolute Gasteiger partial charge is 0.477 e. The molecule has 2 N–H and O–H groups in total. The standard InChI is InChI=1S/C16H18N6O2S/c1-4-24-15-12(13-18-8-19-22-13)25-16(21-15)10-5-6-17-11(7-10)20-14(23)9(2)3/h5-9H,4H2,1-3H3,(H,17,20,23)(H,18,19,22). The Morgan fingerprint density at radius 1 is 1.44 bits per heavy atom. The topological polar surface area (TPSA) is 106 Å². The molecule has 1 amide bonds. The third kappa shape index (κ3) is 3.82. The minimum absolute atomic E-state index is 0.0823. The Hall–Kier alpha value is -2.81. The van der Waals surface area contributed by atoms with Crippen molar-refractivity contribution in [1.29, 1.82) is 0 Å². The van der Waals surface area contributed by atoms with Crippen molar-refractivity contribution in [2.75, 3.05) is 11.9 Å². The smallest absolute Gasteiger partial charge is 0.236 e. The summed E-state index contributed by atoms with van der Waals surface area (Å²) in [5.74, 6) is 1.40. The first-order valence-electron chi connectivity index (χ1n) is 7.85. The molecule has 0 aromatic carbocycles. The van der Waals surface area contributed by atoms with E-state index in [1.54, 1.807) is 12.3 Å². The quantitative estimate of drug-likeness (QED) is 0.702. The van der Waals surface area contributed by atoms with Crippen LogP contribution in [0.2, 0.25) is 0 Å². The molecule has 3 heterocycles. The SMILES string of the molecule is CCOc1nc(-c2ccnc(NC(=O)C(C)C)c2)sc1-c1nnc[nH]1. The highest BCUT2D eigenvalue weighted by Crippen LogP contribution is 2.38. The van der Waals surface area contributed by atoms with Crippen LogP contribution in [-0.4, -0.2) is 37.7 Å². The number of amides is 1. The van der Waals surface area contributed by atoms with Gasteiger partial charge in [-0.15, -0.1) is 21.5 Å². The van der Waals surface area contributed by atoms with Gasteiger partial charge in [-0.25, -0.2) is 9.97 Å². The summed E-state index contributed by atoms with van der Waals surface area (Å²) in [6.07, 6.45) is 3.15. The molecule has 3 rings (SSSR count). The van der Waals surface area contributed by atoms with Gasteiger partial charge in [0.15, 0.2) is 5.82 Å². The van der Waals surface area contributed by atoms with Gasteiger partial charge in [0.25, 0.3) is 0 Å². The number of rotatable bonds is 6. The van der Waals surface area contributed by atoms with E-state index in [0.717, 1.165) is 15.4 Å². The highest BCUT2D eigenvalue weighted by atomic mass is 32.1. The molecule has 8 nitrogen and oxygen atoms in total. The predicted molar refractivity (Wildman–Crippen MR) is 95.4 cm³/mol. The number of pyridine rings is 1. The van der Waals surface area contributed by atoms with Crippen LogP contribution in [0, 0.1) is 5.92 Å². The zero-order valence-corrected chi connectivity index (χ0v) is 14.9. The molecule has 0 atom stereocenters. The maximum absolute atomic E-state index is 11.9. The number of nitrogens with zero attached hydrogens (tertiary/aromatic N) is 4. The fourth-order valence-electron chi connectivity index (χ4n) is 2.03. The lowest BCUT2D eigenvalue weighted by molar-refractivity contribution is -0.118. The van der Waals surface area contributed by atoms with Crippen LogP contribution in [0.4, 0.5) is 5.82 Å². The molecular weight excluding hydrogens is 340 g/mol. The van der Waals surface area contributed by atoms with Gasteiger partial charge in [-0.1, -0.05) is 13.8 Å². The number of hydrogen-bond acceptors (Lipinski definition) is 7. The van der Waals surface area contributed by atoms with Crippen molar-refractivity contribution in [2.24, 2.45) is 5.92 Å². The summed E-state index contributed by atoms with van der Waals surface area (Å²) in [5, 5.41) is 11.4. The number of carbonyl (C=O) groups is 1. The number of aromatic nitrogens is 5. The number of thiazole rings is 1. The van der Waals surface area contributed by atoms with Crippen LogP contribution in [0.5, 0.6) is 5.88 Å². The zero-order chi connectivity index (χ0) is 17.8. The van der Waals surface area contributed by atoms with Crippen molar-refractivity contribution in [3.63, 3.8) is 0 Å². The summed E-state index contributed by atoms with van der Waals surface area (Å²) < 4.78 is 5.62. The monoisotopic (exact) mass is 358 g/mol. The Bertz CT molecular complexity index is 859. The Morgan fingerprint density at radius 2 is 2.28 bits per heavy atom. The van der Waals surface area contributed by atoms with Gasteiger partial charge in [-0.05, 0) is 19.1 Å². The van der Waals surface area contributed by atoms with Crippen LogP contribution in [-0.2, 0) is 4.79 Å². The third-order valence-electron chi connectivity index (χ3n) is 3.29. The van der Waals surface area contributed by atoms with E-state index in [0.29, 0.717) is 24.1 Å². The Balaban J connectivity index is 1.94. The lowest BCUT2D eigenvalue weighted by atomic mass is 10.2. The highest BCUT2D eigenvalue weighted by Gasteiger charge is 2.18. The van der Waals surface area contributed by atoms with Gasteiger partial charge >= 0.3 is 0 Å². The number of carbonyl (C=O) groups excluding carboxylic acids is 1. The van der Waals surface area contributed by atoms with Crippen LogP contribution in [0.25, 0.3) is 21.3 Å². The molecule has 3 aromatic heterocycles. The minimum atomic E-state index is -0.118. The average molecular weight is 358 g/mol. The van der Waals surface area contributed by atoms with E-state index in [1.165, 1.54) is 17.7 Å². The van der Waals surface area contributed by atoms with Gasteiger partial charge in [0, 0.05) is 17.7 Å². The molecule has 0 aliphatic heterocycles. The van der Waals surface area contributed by atoms with E-state index in [4.69, 9.17) is 4.74 Å². The second-order valence-corrected chi connectivity index (χ2v) is 6.50. The molecule has 9 heteroatoms. The highest BCUT2D eigenvalue weighted by molar-refractivity contribution is 7.18. The van der Waals surface area contributed by atoms with Gasteiger partial charge in [-0.2, -0.15) is 0 Å².